The van der Waals surface area contributed by atoms with Gasteiger partial charge >= 0.3 is 0 Å². The van der Waals surface area contributed by atoms with Crippen LogP contribution in [-0.2, 0) is 14.2 Å². The highest BCUT2D eigenvalue weighted by atomic mass is 32.1. The summed E-state index contributed by atoms with van der Waals surface area (Å²) in [5.74, 6) is 0.164. The smallest absolute Gasteiger partial charge is 0.184 e. The molecule has 0 bridgehead atoms. The quantitative estimate of drug-likeness (QED) is 0.444. The largest absolute Gasteiger partial charge is 0.388 e. The second kappa shape index (κ2) is 8.70. The molecule has 2 saturated heterocycles. The van der Waals surface area contributed by atoms with E-state index >= 15 is 4.39 Å². The Kier molecular flexibility index (Phi) is 5.63. The molecule has 6 unspecified atom stereocenters. The zero-order chi connectivity index (χ0) is 24.3. The molecular weight excluding hydrogens is 473 g/mol. The first-order valence-corrected chi connectivity index (χ1v) is 12.1. The van der Waals surface area contributed by atoms with Gasteiger partial charge in [0.1, 0.15) is 35.9 Å². The summed E-state index contributed by atoms with van der Waals surface area (Å²) in [6.45, 7) is 3.78. The Bertz CT molecular complexity index is 1380. The number of aliphatic hydroxyl groups excluding tert-OH is 1. The van der Waals surface area contributed by atoms with Gasteiger partial charge in [0.2, 0.25) is 0 Å². The van der Waals surface area contributed by atoms with E-state index in [4.69, 9.17) is 19.9 Å². The van der Waals surface area contributed by atoms with Crippen molar-refractivity contribution in [3.05, 3.63) is 70.5 Å². The van der Waals surface area contributed by atoms with E-state index in [2.05, 4.69) is 15.1 Å². The first kappa shape index (κ1) is 22.7. The van der Waals surface area contributed by atoms with Gasteiger partial charge in [-0.15, -0.1) is 11.3 Å². The van der Waals surface area contributed by atoms with Crippen molar-refractivity contribution in [2.24, 2.45) is 5.73 Å². The number of halogens is 1. The van der Waals surface area contributed by atoms with Crippen LogP contribution in [0.25, 0.3) is 15.9 Å². The second-order valence-corrected chi connectivity index (χ2v) is 10.0. The molecular formula is C24H24FN5O4S. The standard InChI is InChI=1S/C24H24FN5O4S/c1-11-27-23(30(29-11)16-9-18-15(8-14(16)25)28-12(2)35-18)22-20(31)19(26)21-17(33-22)10-32-24(34-21)13-6-4-3-5-7-13/h3-9,17,19-22,24,31H,10,26H2,1-2H3. The number of aromatic nitrogens is 4. The molecule has 6 rings (SSSR count). The van der Waals surface area contributed by atoms with Gasteiger partial charge in [0.15, 0.2) is 17.9 Å². The van der Waals surface area contributed by atoms with E-state index in [0.717, 1.165) is 15.3 Å². The van der Waals surface area contributed by atoms with Crippen molar-refractivity contribution in [2.45, 2.75) is 50.6 Å². The molecule has 3 N–H and O–H groups in total. The van der Waals surface area contributed by atoms with Crippen LogP contribution in [0.1, 0.15) is 34.6 Å². The van der Waals surface area contributed by atoms with Gasteiger partial charge in [-0.05, 0) is 19.9 Å². The Morgan fingerprint density at radius 3 is 2.74 bits per heavy atom. The Labute approximate surface area is 204 Å². The van der Waals surface area contributed by atoms with Crippen molar-refractivity contribution < 1.29 is 23.7 Å². The van der Waals surface area contributed by atoms with Crippen LogP contribution in [-0.4, -0.2) is 55.8 Å². The summed E-state index contributed by atoms with van der Waals surface area (Å²) in [5, 5.41) is 16.4. The SMILES string of the molecule is Cc1nc(C2OC3COC(c4ccccc4)OC3C(N)C2O)n(-c2cc3sc(C)nc3cc2F)n1. The molecule has 4 heterocycles. The highest BCUT2D eigenvalue weighted by Crippen LogP contribution is 2.39. The summed E-state index contributed by atoms with van der Waals surface area (Å²) in [6.07, 6.45) is -3.85. The minimum atomic E-state index is -1.16. The Balaban J connectivity index is 1.32. The van der Waals surface area contributed by atoms with Crippen LogP contribution < -0.4 is 5.73 Å². The topological polar surface area (TPSA) is 118 Å². The molecule has 4 aromatic rings. The predicted molar refractivity (Wildman–Crippen MR) is 126 cm³/mol. The number of rotatable bonds is 3. The minimum Gasteiger partial charge on any atom is -0.388 e. The zero-order valence-corrected chi connectivity index (χ0v) is 19.9. The lowest BCUT2D eigenvalue weighted by Gasteiger charge is -2.46. The van der Waals surface area contributed by atoms with Gasteiger partial charge in [0, 0.05) is 11.6 Å². The summed E-state index contributed by atoms with van der Waals surface area (Å²) in [7, 11) is 0. The molecule has 9 nitrogen and oxygen atoms in total. The molecule has 0 aliphatic carbocycles. The third-order valence-electron chi connectivity index (χ3n) is 6.32. The molecule has 0 spiro atoms. The molecule has 35 heavy (non-hydrogen) atoms. The molecule has 2 fully saturated rings. The maximum atomic E-state index is 15.1. The Morgan fingerprint density at radius 2 is 1.94 bits per heavy atom. The van der Waals surface area contributed by atoms with Crippen LogP contribution in [0, 0.1) is 19.7 Å². The fourth-order valence-electron chi connectivity index (χ4n) is 4.67. The van der Waals surface area contributed by atoms with Gasteiger partial charge < -0.3 is 25.1 Å². The average molecular weight is 498 g/mol. The first-order chi connectivity index (χ1) is 16.9. The number of fused-ring (bicyclic) bond motifs is 2. The van der Waals surface area contributed by atoms with Crippen LogP contribution >= 0.6 is 11.3 Å². The number of thiazole rings is 1. The normalized spacial score (nSPS) is 28.8. The van der Waals surface area contributed by atoms with Crippen molar-refractivity contribution in [1.29, 1.82) is 0 Å². The van der Waals surface area contributed by atoms with Gasteiger partial charge in [-0.2, -0.15) is 5.10 Å². The molecule has 2 aliphatic heterocycles. The van der Waals surface area contributed by atoms with Gasteiger partial charge in [0.25, 0.3) is 0 Å². The maximum Gasteiger partial charge on any atom is 0.184 e. The lowest BCUT2D eigenvalue weighted by molar-refractivity contribution is -0.309. The highest BCUT2D eigenvalue weighted by molar-refractivity contribution is 7.18. The first-order valence-electron chi connectivity index (χ1n) is 11.3. The van der Waals surface area contributed by atoms with Crippen LogP contribution in [0.4, 0.5) is 4.39 Å². The maximum absolute atomic E-state index is 15.1. The molecule has 182 valence electrons. The number of ether oxygens (including phenoxy) is 3. The van der Waals surface area contributed by atoms with Crippen LogP contribution in [0.2, 0.25) is 0 Å². The molecule has 2 aliphatic rings. The van der Waals surface area contributed by atoms with Crippen LogP contribution in [0.15, 0.2) is 42.5 Å². The van der Waals surface area contributed by atoms with Crippen molar-refractivity contribution in [3.63, 3.8) is 0 Å². The fraction of sp³-hybridized carbons (Fsp3) is 0.375. The van der Waals surface area contributed by atoms with Crippen molar-refractivity contribution in [2.75, 3.05) is 6.61 Å². The molecule has 0 saturated carbocycles. The zero-order valence-electron chi connectivity index (χ0n) is 19.0. The van der Waals surface area contributed by atoms with Gasteiger partial charge in [-0.1, -0.05) is 30.3 Å². The van der Waals surface area contributed by atoms with Crippen molar-refractivity contribution in [3.8, 4) is 5.69 Å². The third kappa shape index (κ3) is 3.94. The number of benzene rings is 2. The van der Waals surface area contributed by atoms with Gasteiger partial charge in [-0.25, -0.2) is 19.0 Å². The molecule has 2 aromatic carbocycles. The molecule has 11 heteroatoms. The third-order valence-corrected chi connectivity index (χ3v) is 7.25. The fourth-order valence-corrected chi connectivity index (χ4v) is 5.52. The Morgan fingerprint density at radius 1 is 1.14 bits per heavy atom. The van der Waals surface area contributed by atoms with E-state index in [9.17, 15) is 5.11 Å². The molecule has 0 radical (unpaired) electrons. The van der Waals surface area contributed by atoms with E-state index in [1.165, 1.54) is 22.1 Å². The monoisotopic (exact) mass is 497 g/mol. The molecule has 2 aromatic heterocycles. The average Bonchev–Trinajstić information content (AvgIpc) is 3.41. The van der Waals surface area contributed by atoms with Crippen molar-refractivity contribution in [1.82, 2.24) is 19.7 Å². The number of nitrogens with two attached hydrogens (primary N) is 1. The number of aryl methyl sites for hydroxylation is 2. The molecule has 0 amide bonds. The summed E-state index contributed by atoms with van der Waals surface area (Å²) >= 11 is 1.46. The molecule has 6 atom stereocenters. The van der Waals surface area contributed by atoms with Gasteiger partial charge in [-0.3, -0.25) is 0 Å². The van der Waals surface area contributed by atoms with Crippen LogP contribution in [0.5, 0.6) is 0 Å². The summed E-state index contributed by atoms with van der Waals surface area (Å²) in [5.41, 5.74) is 8.09. The van der Waals surface area contributed by atoms with Crippen molar-refractivity contribution >= 4 is 21.6 Å². The lowest BCUT2D eigenvalue weighted by atomic mass is 9.92. The number of hydrogen-bond donors (Lipinski definition) is 2. The van der Waals surface area contributed by atoms with E-state index in [1.807, 2.05) is 37.3 Å². The summed E-state index contributed by atoms with van der Waals surface area (Å²) < 4.78 is 35.5. The Hall–Kier alpha value is -2.80. The summed E-state index contributed by atoms with van der Waals surface area (Å²) in [6, 6.07) is 11.8. The minimum absolute atomic E-state index is 0.198. The number of hydrogen-bond acceptors (Lipinski definition) is 9. The van der Waals surface area contributed by atoms with Gasteiger partial charge in [0.05, 0.1) is 27.9 Å². The second-order valence-electron chi connectivity index (χ2n) is 8.77. The number of aliphatic hydroxyl groups is 1. The predicted octanol–water partition coefficient (Wildman–Crippen LogP) is 2.88. The lowest BCUT2D eigenvalue weighted by Crippen LogP contribution is -2.62. The van der Waals surface area contributed by atoms with E-state index in [1.54, 1.807) is 13.0 Å². The van der Waals surface area contributed by atoms with E-state index in [0.29, 0.717) is 11.3 Å². The van der Waals surface area contributed by atoms with Crippen LogP contribution in [0.3, 0.4) is 0 Å². The number of nitrogens with zero attached hydrogens (tertiary/aromatic N) is 4. The van der Waals surface area contributed by atoms with E-state index < -0.39 is 42.6 Å². The van der Waals surface area contributed by atoms with E-state index in [-0.39, 0.29) is 18.1 Å². The highest BCUT2D eigenvalue weighted by Gasteiger charge is 2.49. The summed E-state index contributed by atoms with van der Waals surface area (Å²) in [4.78, 5) is 8.82.